The Kier molecular flexibility index (Phi) is 8.68. The number of halogens is 2. The Hall–Kier alpha value is -3.16. The SMILES string of the molecule is CCOc1cc(C=Nn2c(C3CCCCC3)nc3ccccc3c2=O)c(Br)c(Cl)c1OCc1cccc(C)c1. The molecule has 0 radical (unpaired) electrons. The van der Waals surface area contributed by atoms with Crippen LogP contribution >= 0.6 is 27.5 Å². The van der Waals surface area contributed by atoms with Crippen molar-refractivity contribution in [3.63, 3.8) is 0 Å². The highest BCUT2D eigenvalue weighted by Crippen LogP contribution is 2.43. The lowest BCUT2D eigenvalue weighted by atomic mass is 9.88. The van der Waals surface area contributed by atoms with Gasteiger partial charge in [0.2, 0.25) is 0 Å². The highest BCUT2D eigenvalue weighted by Gasteiger charge is 2.23. The molecule has 8 heteroatoms. The number of aromatic nitrogens is 2. The predicted molar refractivity (Wildman–Crippen MR) is 161 cm³/mol. The topological polar surface area (TPSA) is 65.7 Å². The van der Waals surface area contributed by atoms with E-state index in [-0.39, 0.29) is 11.5 Å². The second kappa shape index (κ2) is 12.3. The van der Waals surface area contributed by atoms with Crippen LogP contribution in [0.1, 0.15) is 67.5 Å². The molecule has 39 heavy (non-hydrogen) atoms. The molecule has 1 fully saturated rings. The van der Waals surface area contributed by atoms with Crippen LogP contribution in [0.5, 0.6) is 11.5 Å². The first-order valence-corrected chi connectivity index (χ1v) is 14.5. The monoisotopic (exact) mass is 607 g/mol. The summed E-state index contributed by atoms with van der Waals surface area (Å²) in [7, 11) is 0. The van der Waals surface area contributed by atoms with Crippen LogP contribution in [-0.2, 0) is 6.61 Å². The van der Waals surface area contributed by atoms with Crippen molar-refractivity contribution in [1.29, 1.82) is 0 Å². The molecule has 0 N–H and O–H groups in total. The van der Waals surface area contributed by atoms with E-state index in [1.807, 2.05) is 56.3 Å². The molecule has 0 atom stereocenters. The fourth-order valence-electron chi connectivity index (χ4n) is 5.05. The van der Waals surface area contributed by atoms with Crippen LogP contribution in [0.25, 0.3) is 10.9 Å². The minimum Gasteiger partial charge on any atom is -0.490 e. The second-order valence-corrected chi connectivity index (χ2v) is 11.0. The summed E-state index contributed by atoms with van der Waals surface area (Å²) >= 11 is 10.4. The van der Waals surface area contributed by atoms with Gasteiger partial charge in [-0.2, -0.15) is 9.78 Å². The van der Waals surface area contributed by atoms with Crippen LogP contribution in [0.15, 0.2) is 69.0 Å². The van der Waals surface area contributed by atoms with Crippen molar-refractivity contribution in [3.8, 4) is 11.5 Å². The molecule has 0 bridgehead atoms. The van der Waals surface area contributed by atoms with E-state index in [1.165, 1.54) is 11.1 Å². The van der Waals surface area contributed by atoms with E-state index in [9.17, 15) is 4.79 Å². The Bertz CT molecular complexity index is 1580. The van der Waals surface area contributed by atoms with Crippen molar-refractivity contribution < 1.29 is 9.47 Å². The first-order valence-electron chi connectivity index (χ1n) is 13.4. The summed E-state index contributed by atoms with van der Waals surface area (Å²) in [6.07, 6.45) is 7.09. The van der Waals surface area contributed by atoms with Crippen LogP contribution in [0, 0.1) is 6.92 Å². The minimum atomic E-state index is -0.178. The average Bonchev–Trinajstić information content (AvgIpc) is 2.95. The molecule has 0 unspecified atom stereocenters. The quantitative estimate of drug-likeness (QED) is 0.190. The molecule has 0 amide bonds. The van der Waals surface area contributed by atoms with E-state index < -0.39 is 0 Å². The summed E-state index contributed by atoms with van der Waals surface area (Å²) in [6.45, 7) is 4.74. The second-order valence-electron chi connectivity index (χ2n) is 9.82. The number of para-hydroxylation sites is 1. The lowest BCUT2D eigenvalue weighted by Crippen LogP contribution is -2.25. The van der Waals surface area contributed by atoms with Gasteiger partial charge < -0.3 is 9.47 Å². The van der Waals surface area contributed by atoms with Crippen molar-refractivity contribution in [1.82, 2.24) is 9.66 Å². The highest BCUT2D eigenvalue weighted by atomic mass is 79.9. The maximum Gasteiger partial charge on any atom is 0.282 e. The third-order valence-electron chi connectivity index (χ3n) is 6.98. The fraction of sp³-hybridized carbons (Fsp3) is 0.323. The fourth-order valence-corrected chi connectivity index (χ4v) is 5.70. The Morgan fingerprint density at radius 3 is 2.67 bits per heavy atom. The Morgan fingerprint density at radius 1 is 1.10 bits per heavy atom. The molecule has 4 aromatic rings. The molecular formula is C31H31BrClN3O3. The van der Waals surface area contributed by atoms with E-state index in [2.05, 4.69) is 27.1 Å². The van der Waals surface area contributed by atoms with Gasteiger partial charge in [-0.15, -0.1) is 0 Å². The number of ether oxygens (including phenoxy) is 2. The number of aryl methyl sites for hydroxylation is 1. The molecule has 0 spiro atoms. The van der Waals surface area contributed by atoms with Gasteiger partial charge in [0.1, 0.15) is 17.5 Å². The lowest BCUT2D eigenvalue weighted by Gasteiger charge is -2.22. The largest absolute Gasteiger partial charge is 0.490 e. The van der Waals surface area contributed by atoms with Crippen molar-refractivity contribution in [2.24, 2.45) is 5.10 Å². The van der Waals surface area contributed by atoms with Crippen molar-refractivity contribution in [2.75, 3.05) is 6.61 Å². The van der Waals surface area contributed by atoms with E-state index in [0.29, 0.717) is 56.5 Å². The molecule has 1 aliphatic rings. The van der Waals surface area contributed by atoms with Crippen LogP contribution in [0.4, 0.5) is 0 Å². The molecule has 1 saturated carbocycles. The van der Waals surface area contributed by atoms with Gasteiger partial charge >= 0.3 is 0 Å². The van der Waals surface area contributed by atoms with Crippen molar-refractivity contribution in [2.45, 2.75) is 58.5 Å². The smallest absolute Gasteiger partial charge is 0.282 e. The zero-order valence-corrected chi connectivity index (χ0v) is 24.5. The lowest BCUT2D eigenvalue weighted by molar-refractivity contribution is 0.269. The number of rotatable bonds is 8. The van der Waals surface area contributed by atoms with Gasteiger partial charge in [-0.05, 0) is 66.4 Å². The summed E-state index contributed by atoms with van der Waals surface area (Å²) < 4.78 is 14.1. The number of fused-ring (bicyclic) bond motifs is 1. The molecular weight excluding hydrogens is 578 g/mol. The normalized spacial score (nSPS) is 14.3. The first-order chi connectivity index (χ1) is 19.0. The Balaban J connectivity index is 1.53. The van der Waals surface area contributed by atoms with Crippen molar-refractivity contribution >= 4 is 44.6 Å². The molecule has 1 aliphatic carbocycles. The third kappa shape index (κ3) is 6.04. The Morgan fingerprint density at radius 2 is 1.90 bits per heavy atom. The summed E-state index contributed by atoms with van der Waals surface area (Å²) in [4.78, 5) is 18.5. The summed E-state index contributed by atoms with van der Waals surface area (Å²) in [5.74, 6) is 1.87. The van der Waals surface area contributed by atoms with E-state index >= 15 is 0 Å². The average molecular weight is 609 g/mol. The van der Waals surface area contributed by atoms with Gasteiger partial charge in [0.05, 0.1) is 23.7 Å². The number of hydrogen-bond acceptors (Lipinski definition) is 5. The van der Waals surface area contributed by atoms with Gasteiger partial charge in [-0.3, -0.25) is 4.79 Å². The van der Waals surface area contributed by atoms with Crippen LogP contribution < -0.4 is 15.0 Å². The zero-order chi connectivity index (χ0) is 27.4. The van der Waals surface area contributed by atoms with Crippen LogP contribution in [0.3, 0.4) is 0 Å². The van der Waals surface area contributed by atoms with Crippen LogP contribution in [0.2, 0.25) is 5.02 Å². The predicted octanol–water partition coefficient (Wildman–Crippen LogP) is 8.03. The summed E-state index contributed by atoms with van der Waals surface area (Å²) in [5.41, 5.74) is 3.39. The molecule has 0 aliphatic heterocycles. The number of nitrogens with zero attached hydrogens (tertiary/aromatic N) is 3. The first kappa shape index (κ1) is 27.4. The van der Waals surface area contributed by atoms with Gasteiger partial charge in [-0.1, -0.05) is 72.8 Å². The molecule has 6 nitrogen and oxygen atoms in total. The standard InChI is InChI=1S/C31H31BrClN3O3/c1-3-38-26-17-23(27(32)28(33)29(26)39-19-21-11-9-10-20(2)16-21)18-34-36-30(22-12-5-4-6-13-22)35-25-15-8-7-14-24(25)31(36)37/h7-11,14-18,22H,3-6,12-13,19H2,1-2H3. The molecule has 5 rings (SSSR count). The Labute approximate surface area is 241 Å². The third-order valence-corrected chi connectivity index (χ3v) is 8.43. The highest BCUT2D eigenvalue weighted by molar-refractivity contribution is 9.10. The molecule has 0 saturated heterocycles. The number of hydrogen-bond donors (Lipinski definition) is 0. The van der Waals surface area contributed by atoms with E-state index in [1.54, 1.807) is 12.3 Å². The maximum absolute atomic E-state index is 13.6. The molecule has 1 aromatic heterocycles. The van der Waals surface area contributed by atoms with Gasteiger partial charge in [0.25, 0.3) is 5.56 Å². The minimum absolute atomic E-state index is 0.178. The van der Waals surface area contributed by atoms with Gasteiger partial charge in [0, 0.05) is 16.0 Å². The zero-order valence-electron chi connectivity index (χ0n) is 22.1. The van der Waals surface area contributed by atoms with Crippen molar-refractivity contribution in [3.05, 3.63) is 97.0 Å². The van der Waals surface area contributed by atoms with Gasteiger partial charge in [-0.25, -0.2) is 4.98 Å². The molecule has 3 aromatic carbocycles. The van der Waals surface area contributed by atoms with E-state index in [0.717, 1.165) is 36.8 Å². The van der Waals surface area contributed by atoms with E-state index in [4.69, 9.17) is 26.1 Å². The van der Waals surface area contributed by atoms with Crippen LogP contribution in [-0.4, -0.2) is 22.5 Å². The molecule has 202 valence electrons. The summed E-state index contributed by atoms with van der Waals surface area (Å²) in [6, 6.07) is 17.4. The number of benzene rings is 3. The maximum atomic E-state index is 13.6. The summed E-state index contributed by atoms with van der Waals surface area (Å²) in [5, 5.41) is 5.59. The van der Waals surface area contributed by atoms with Gasteiger partial charge in [0.15, 0.2) is 11.5 Å². The molecule has 1 heterocycles.